The Kier molecular flexibility index (Phi) is 5.36. The van der Waals surface area contributed by atoms with Gasteiger partial charge in [0.05, 0.1) is 30.1 Å². The quantitative estimate of drug-likeness (QED) is 0.660. The van der Waals surface area contributed by atoms with Gasteiger partial charge in [-0.25, -0.2) is 4.98 Å². The van der Waals surface area contributed by atoms with Crippen LogP contribution in [0.5, 0.6) is 11.5 Å². The number of rotatable bonds is 4. The maximum absolute atomic E-state index is 12.8. The molecule has 5 rings (SSSR count). The zero-order valence-electron chi connectivity index (χ0n) is 18.4. The van der Waals surface area contributed by atoms with Crippen molar-refractivity contribution in [1.29, 1.82) is 0 Å². The molecule has 8 nitrogen and oxygen atoms in total. The number of benzene rings is 2. The Morgan fingerprint density at radius 1 is 1.18 bits per heavy atom. The highest BCUT2D eigenvalue weighted by atomic mass is 16.5. The monoisotopic (exact) mass is 447 g/mol. The average molecular weight is 447 g/mol. The fourth-order valence-corrected chi connectivity index (χ4v) is 4.66. The number of methoxy groups -OCH3 is 1. The maximum atomic E-state index is 12.8. The van der Waals surface area contributed by atoms with Crippen LogP contribution in [0.15, 0.2) is 47.3 Å². The smallest absolute Gasteiger partial charge is 0.270 e. The highest BCUT2D eigenvalue weighted by Crippen LogP contribution is 2.40. The number of H-pyrrole nitrogens is 1. The molecule has 2 aliphatic rings. The van der Waals surface area contributed by atoms with Gasteiger partial charge in [0, 0.05) is 44.8 Å². The summed E-state index contributed by atoms with van der Waals surface area (Å²) in [6, 6.07) is 12.6. The third kappa shape index (κ3) is 4.08. The second kappa shape index (κ2) is 8.35. The molecule has 8 heteroatoms. The van der Waals surface area contributed by atoms with Crippen LogP contribution in [-0.2, 0) is 11.2 Å². The molecule has 1 amide bonds. The number of carbonyl (C=O) groups is 2. The Labute approximate surface area is 190 Å². The van der Waals surface area contributed by atoms with Gasteiger partial charge in [-0.15, -0.1) is 0 Å². The molecule has 0 atom stereocenters. The molecular formula is C25H25N3O5. The predicted molar refractivity (Wildman–Crippen MR) is 122 cm³/mol. The van der Waals surface area contributed by atoms with E-state index in [0.717, 1.165) is 0 Å². The first-order valence-electron chi connectivity index (χ1n) is 11.1. The van der Waals surface area contributed by atoms with E-state index in [2.05, 4.69) is 9.97 Å². The minimum absolute atomic E-state index is 0.0246. The predicted octanol–water partition coefficient (Wildman–Crippen LogP) is 2.89. The number of hydrogen-bond donors (Lipinski definition) is 1. The molecule has 0 aliphatic carbocycles. The minimum atomic E-state index is -0.593. The number of piperidine rings is 1. The summed E-state index contributed by atoms with van der Waals surface area (Å²) >= 11 is 0. The van der Waals surface area contributed by atoms with Crippen molar-refractivity contribution in [2.45, 2.75) is 37.7 Å². The molecule has 33 heavy (non-hydrogen) atoms. The van der Waals surface area contributed by atoms with E-state index in [1.54, 1.807) is 36.3 Å². The highest BCUT2D eigenvalue weighted by Gasteiger charge is 2.43. The van der Waals surface area contributed by atoms with Crippen molar-refractivity contribution in [3.8, 4) is 11.5 Å². The summed E-state index contributed by atoms with van der Waals surface area (Å²) < 4.78 is 11.6. The number of amides is 1. The third-order valence-electron chi connectivity index (χ3n) is 6.57. The average Bonchev–Trinajstić information content (AvgIpc) is 2.82. The second-order valence-corrected chi connectivity index (χ2v) is 8.66. The molecule has 0 radical (unpaired) electrons. The van der Waals surface area contributed by atoms with Gasteiger partial charge in [-0.3, -0.25) is 14.4 Å². The van der Waals surface area contributed by atoms with Gasteiger partial charge < -0.3 is 19.4 Å². The van der Waals surface area contributed by atoms with E-state index in [9.17, 15) is 14.4 Å². The summed E-state index contributed by atoms with van der Waals surface area (Å²) in [5.74, 6) is 1.22. The van der Waals surface area contributed by atoms with Crippen LogP contribution in [0.4, 0.5) is 0 Å². The van der Waals surface area contributed by atoms with Crippen LogP contribution in [0.3, 0.4) is 0 Å². The summed E-state index contributed by atoms with van der Waals surface area (Å²) in [6.45, 7) is 1.01. The number of hydrogen-bond acceptors (Lipinski definition) is 6. The number of carbonyl (C=O) groups excluding carboxylic acids is 2. The molecule has 1 N–H and O–H groups in total. The zero-order valence-corrected chi connectivity index (χ0v) is 18.4. The lowest BCUT2D eigenvalue weighted by atomic mass is 9.82. The van der Waals surface area contributed by atoms with Crippen molar-refractivity contribution in [3.05, 3.63) is 64.1 Å². The Morgan fingerprint density at radius 3 is 2.76 bits per heavy atom. The summed E-state index contributed by atoms with van der Waals surface area (Å²) in [5, 5.41) is 0. The van der Waals surface area contributed by atoms with Crippen molar-refractivity contribution in [2.75, 3.05) is 20.2 Å². The van der Waals surface area contributed by atoms with Crippen molar-refractivity contribution in [3.63, 3.8) is 0 Å². The number of likely N-dealkylation sites (tertiary alicyclic amines) is 1. The first-order chi connectivity index (χ1) is 16.0. The van der Waals surface area contributed by atoms with Gasteiger partial charge in [0.1, 0.15) is 22.8 Å². The van der Waals surface area contributed by atoms with Crippen LogP contribution in [0.1, 0.15) is 41.7 Å². The number of ether oxygens (including phenoxy) is 2. The van der Waals surface area contributed by atoms with E-state index < -0.39 is 5.60 Å². The summed E-state index contributed by atoms with van der Waals surface area (Å²) in [4.78, 5) is 46.9. The van der Waals surface area contributed by atoms with Crippen LogP contribution in [0.25, 0.3) is 11.0 Å². The van der Waals surface area contributed by atoms with Gasteiger partial charge >= 0.3 is 0 Å². The van der Waals surface area contributed by atoms with E-state index in [1.165, 1.54) is 0 Å². The van der Waals surface area contributed by atoms with Crippen molar-refractivity contribution < 1.29 is 19.1 Å². The molecule has 170 valence electrons. The van der Waals surface area contributed by atoms with E-state index in [-0.39, 0.29) is 30.1 Å². The zero-order chi connectivity index (χ0) is 23.0. The molecule has 1 aromatic heterocycles. The Balaban J connectivity index is 1.22. The first kappa shape index (κ1) is 21.2. The van der Waals surface area contributed by atoms with Crippen molar-refractivity contribution >= 4 is 22.7 Å². The van der Waals surface area contributed by atoms with Gasteiger partial charge in [-0.2, -0.15) is 0 Å². The lowest BCUT2D eigenvalue weighted by Gasteiger charge is -2.44. The van der Waals surface area contributed by atoms with Crippen LogP contribution in [0, 0.1) is 0 Å². The summed E-state index contributed by atoms with van der Waals surface area (Å²) in [6.07, 6.45) is 1.96. The molecule has 3 aromatic rings. The first-order valence-corrected chi connectivity index (χ1v) is 11.1. The van der Waals surface area contributed by atoms with Gasteiger partial charge in [-0.1, -0.05) is 12.1 Å². The standard InChI is InChI=1S/C25H25N3O5/c1-32-16-6-7-17-21(29)15-25(33-22(17)14-16)10-12-28(13-11-25)23(30)9-8-20-24(31)27-19-5-3-2-4-18(19)26-20/h2-7,14H,8-13,15H2,1H3,(H,27,31). The highest BCUT2D eigenvalue weighted by molar-refractivity contribution is 6.00. The van der Waals surface area contributed by atoms with Crippen LogP contribution >= 0.6 is 0 Å². The van der Waals surface area contributed by atoms with Crippen LogP contribution < -0.4 is 15.0 Å². The minimum Gasteiger partial charge on any atom is -0.497 e. The van der Waals surface area contributed by atoms with Crippen LogP contribution in [0.2, 0.25) is 0 Å². The number of para-hydroxylation sites is 2. The lowest BCUT2D eigenvalue weighted by Crippen LogP contribution is -2.52. The molecule has 2 aliphatic heterocycles. The number of Topliss-reactive ketones (excluding diaryl/α,β-unsaturated/α-hetero) is 1. The number of fused-ring (bicyclic) bond motifs is 2. The molecule has 2 aromatic carbocycles. The number of aromatic amines is 1. The number of aryl methyl sites for hydroxylation is 1. The SMILES string of the molecule is COc1ccc2c(c1)OC1(CCN(C(=O)CCc3nc4ccccc4[nH]c3=O)CC1)CC2=O. The maximum Gasteiger partial charge on any atom is 0.270 e. The molecule has 1 spiro atoms. The number of aromatic nitrogens is 2. The largest absolute Gasteiger partial charge is 0.497 e. The van der Waals surface area contributed by atoms with Gasteiger partial charge in [0.15, 0.2) is 5.78 Å². The van der Waals surface area contributed by atoms with Gasteiger partial charge in [0.2, 0.25) is 5.91 Å². The van der Waals surface area contributed by atoms with Crippen molar-refractivity contribution in [1.82, 2.24) is 14.9 Å². The lowest BCUT2D eigenvalue weighted by molar-refractivity contribution is -0.134. The summed E-state index contributed by atoms with van der Waals surface area (Å²) in [7, 11) is 1.58. The fourth-order valence-electron chi connectivity index (χ4n) is 4.66. The van der Waals surface area contributed by atoms with Crippen molar-refractivity contribution in [2.24, 2.45) is 0 Å². The molecule has 1 saturated heterocycles. The van der Waals surface area contributed by atoms with E-state index >= 15 is 0 Å². The number of nitrogens with one attached hydrogen (secondary N) is 1. The van der Waals surface area contributed by atoms with E-state index in [4.69, 9.17) is 9.47 Å². The molecular weight excluding hydrogens is 422 g/mol. The molecule has 0 saturated carbocycles. The molecule has 0 bridgehead atoms. The Hall–Kier alpha value is -3.68. The van der Waals surface area contributed by atoms with Gasteiger partial charge in [-0.05, 0) is 24.3 Å². The second-order valence-electron chi connectivity index (χ2n) is 8.66. The van der Waals surface area contributed by atoms with E-state index in [1.807, 2.05) is 18.2 Å². The van der Waals surface area contributed by atoms with Crippen LogP contribution in [-0.4, -0.2) is 52.4 Å². The fraction of sp³-hybridized carbons (Fsp3) is 0.360. The number of nitrogens with zero attached hydrogens (tertiary/aromatic N) is 2. The topological polar surface area (TPSA) is 102 Å². The Bertz CT molecular complexity index is 1290. The molecule has 1 fully saturated rings. The number of ketones is 1. The Morgan fingerprint density at radius 2 is 1.97 bits per heavy atom. The normalized spacial score (nSPS) is 17.0. The molecule has 3 heterocycles. The van der Waals surface area contributed by atoms with Gasteiger partial charge in [0.25, 0.3) is 5.56 Å². The molecule has 0 unspecified atom stereocenters. The van der Waals surface area contributed by atoms with E-state index in [0.29, 0.717) is 66.1 Å². The third-order valence-corrected chi connectivity index (χ3v) is 6.57. The summed E-state index contributed by atoms with van der Waals surface area (Å²) in [5.41, 5.74) is 1.47.